The lowest BCUT2D eigenvalue weighted by Crippen LogP contribution is -2.17. The average molecular weight is 162 g/mol. The molecule has 0 heterocycles. The zero-order valence-electron chi connectivity index (χ0n) is 6.60. The van der Waals surface area contributed by atoms with E-state index in [0.29, 0.717) is 0 Å². The molecule has 62 valence electrons. The minimum atomic E-state index is -0.543. The van der Waals surface area contributed by atoms with Crippen molar-refractivity contribution in [1.29, 1.82) is 0 Å². The first-order valence-corrected chi connectivity index (χ1v) is 4.06. The summed E-state index contributed by atoms with van der Waals surface area (Å²) in [6.45, 7) is 0. The standard InChI is InChI=1S/C10H10O2/c11-9-5-1-3-7(9)8-4-2-6-10(8)12/h1-3,5-6,8-9,11H,4H2. The van der Waals surface area contributed by atoms with Gasteiger partial charge in [-0.1, -0.05) is 24.3 Å². The van der Waals surface area contributed by atoms with Gasteiger partial charge in [0.1, 0.15) is 0 Å². The molecule has 0 radical (unpaired) electrons. The van der Waals surface area contributed by atoms with Crippen LogP contribution in [-0.2, 0) is 4.79 Å². The Bertz CT molecular complexity index is 297. The molecule has 0 bridgehead atoms. The number of carbonyl (C=O) groups is 1. The molecular formula is C10H10O2. The third kappa shape index (κ3) is 1.04. The van der Waals surface area contributed by atoms with Gasteiger partial charge < -0.3 is 5.11 Å². The van der Waals surface area contributed by atoms with Gasteiger partial charge in [0.05, 0.1) is 6.10 Å². The number of hydrogen-bond donors (Lipinski definition) is 1. The predicted molar refractivity (Wildman–Crippen MR) is 45.5 cm³/mol. The highest BCUT2D eigenvalue weighted by molar-refractivity contribution is 5.96. The van der Waals surface area contributed by atoms with Crippen molar-refractivity contribution < 1.29 is 9.90 Å². The Labute approximate surface area is 70.9 Å². The van der Waals surface area contributed by atoms with Crippen LogP contribution in [0.5, 0.6) is 0 Å². The molecule has 0 aromatic heterocycles. The van der Waals surface area contributed by atoms with Crippen LogP contribution in [0.4, 0.5) is 0 Å². The molecule has 0 spiro atoms. The average Bonchev–Trinajstić information content (AvgIpc) is 2.59. The first-order chi connectivity index (χ1) is 5.79. The highest BCUT2D eigenvalue weighted by Gasteiger charge is 2.28. The third-order valence-electron chi connectivity index (χ3n) is 2.32. The van der Waals surface area contributed by atoms with Crippen LogP contribution in [0.25, 0.3) is 0 Å². The summed E-state index contributed by atoms with van der Waals surface area (Å²) in [6, 6.07) is 0. The molecule has 0 saturated carbocycles. The minimum Gasteiger partial charge on any atom is -0.385 e. The second-order valence-corrected chi connectivity index (χ2v) is 3.09. The second-order valence-electron chi connectivity index (χ2n) is 3.09. The fourth-order valence-corrected chi connectivity index (χ4v) is 1.66. The van der Waals surface area contributed by atoms with Crippen LogP contribution in [0.3, 0.4) is 0 Å². The van der Waals surface area contributed by atoms with Gasteiger partial charge in [0, 0.05) is 5.92 Å². The van der Waals surface area contributed by atoms with Crippen LogP contribution in [0, 0.1) is 5.92 Å². The van der Waals surface area contributed by atoms with Crippen molar-refractivity contribution >= 4 is 5.78 Å². The minimum absolute atomic E-state index is 0.102. The van der Waals surface area contributed by atoms with Gasteiger partial charge in [-0.05, 0) is 18.1 Å². The Hall–Kier alpha value is -1.15. The Morgan fingerprint density at radius 2 is 2.33 bits per heavy atom. The van der Waals surface area contributed by atoms with Crippen LogP contribution < -0.4 is 0 Å². The third-order valence-corrected chi connectivity index (χ3v) is 2.32. The lowest BCUT2D eigenvalue weighted by molar-refractivity contribution is -0.116. The zero-order chi connectivity index (χ0) is 8.55. The van der Waals surface area contributed by atoms with Crippen LogP contribution >= 0.6 is 0 Å². The van der Waals surface area contributed by atoms with Crippen LogP contribution in [-0.4, -0.2) is 17.0 Å². The van der Waals surface area contributed by atoms with Crippen molar-refractivity contribution in [2.24, 2.45) is 5.92 Å². The maximum atomic E-state index is 11.2. The van der Waals surface area contributed by atoms with E-state index in [1.165, 1.54) is 0 Å². The first-order valence-electron chi connectivity index (χ1n) is 4.06. The second kappa shape index (κ2) is 2.72. The molecule has 2 aliphatic rings. The molecule has 2 rings (SSSR count). The summed E-state index contributed by atoms with van der Waals surface area (Å²) < 4.78 is 0. The van der Waals surface area contributed by atoms with E-state index in [4.69, 9.17) is 0 Å². The summed E-state index contributed by atoms with van der Waals surface area (Å²) >= 11 is 0. The molecule has 2 nitrogen and oxygen atoms in total. The van der Waals surface area contributed by atoms with E-state index in [-0.39, 0.29) is 11.7 Å². The fourth-order valence-electron chi connectivity index (χ4n) is 1.66. The maximum Gasteiger partial charge on any atom is 0.162 e. The van der Waals surface area contributed by atoms with Gasteiger partial charge in [0.2, 0.25) is 0 Å². The van der Waals surface area contributed by atoms with Crippen molar-refractivity contribution in [3.8, 4) is 0 Å². The SMILES string of the molecule is O=C1C=CCC1C1=CC=CC1O. The molecule has 2 atom stereocenters. The molecule has 12 heavy (non-hydrogen) atoms. The van der Waals surface area contributed by atoms with Crippen molar-refractivity contribution in [2.45, 2.75) is 12.5 Å². The topological polar surface area (TPSA) is 37.3 Å². The van der Waals surface area contributed by atoms with E-state index in [1.807, 2.05) is 12.2 Å². The summed E-state index contributed by atoms with van der Waals surface area (Å²) in [5.74, 6) is 0.0130. The molecule has 0 aromatic rings. The summed E-state index contributed by atoms with van der Waals surface area (Å²) in [4.78, 5) is 11.2. The lowest BCUT2D eigenvalue weighted by Gasteiger charge is -2.13. The zero-order valence-corrected chi connectivity index (χ0v) is 6.60. The van der Waals surface area contributed by atoms with E-state index < -0.39 is 6.10 Å². The van der Waals surface area contributed by atoms with Crippen molar-refractivity contribution in [3.05, 3.63) is 36.0 Å². The quantitative estimate of drug-likeness (QED) is 0.624. The molecular weight excluding hydrogens is 152 g/mol. The van der Waals surface area contributed by atoms with Gasteiger partial charge in [-0.15, -0.1) is 0 Å². The number of hydrogen-bond acceptors (Lipinski definition) is 2. The van der Waals surface area contributed by atoms with Gasteiger partial charge in [-0.2, -0.15) is 0 Å². The molecule has 0 aliphatic heterocycles. The Morgan fingerprint density at radius 1 is 1.50 bits per heavy atom. The predicted octanol–water partition coefficient (Wildman–Crippen LogP) is 0.989. The van der Waals surface area contributed by atoms with E-state index in [9.17, 15) is 9.90 Å². The van der Waals surface area contributed by atoms with Crippen LogP contribution in [0.15, 0.2) is 36.0 Å². The van der Waals surface area contributed by atoms with Gasteiger partial charge in [0.15, 0.2) is 5.78 Å². The number of aliphatic hydroxyl groups excluding tert-OH is 1. The largest absolute Gasteiger partial charge is 0.385 e. The van der Waals surface area contributed by atoms with Gasteiger partial charge >= 0.3 is 0 Å². The van der Waals surface area contributed by atoms with Crippen molar-refractivity contribution in [1.82, 2.24) is 0 Å². The van der Waals surface area contributed by atoms with Crippen molar-refractivity contribution in [2.75, 3.05) is 0 Å². The molecule has 2 unspecified atom stereocenters. The molecule has 0 aromatic carbocycles. The molecule has 0 amide bonds. The highest BCUT2D eigenvalue weighted by Crippen LogP contribution is 2.28. The fraction of sp³-hybridized carbons (Fsp3) is 0.300. The molecule has 2 aliphatic carbocycles. The van der Waals surface area contributed by atoms with E-state index in [1.54, 1.807) is 18.2 Å². The van der Waals surface area contributed by atoms with Crippen LogP contribution in [0.1, 0.15) is 6.42 Å². The van der Waals surface area contributed by atoms with Gasteiger partial charge in [0.25, 0.3) is 0 Å². The highest BCUT2D eigenvalue weighted by atomic mass is 16.3. The Balaban J connectivity index is 2.17. The normalized spacial score (nSPS) is 33.1. The number of ketones is 1. The van der Waals surface area contributed by atoms with Crippen LogP contribution in [0.2, 0.25) is 0 Å². The number of aliphatic hydroxyl groups is 1. The van der Waals surface area contributed by atoms with Gasteiger partial charge in [-0.3, -0.25) is 4.79 Å². The summed E-state index contributed by atoms with van der Waals surface area (Å²) in [6.07, 6.45) is 8.98. The molecule has 0 fully saturated rings. The lowest BCUT2D eigenvalue weighted by atomic mass is 9.93. The Morgan fingerprint density at radius 3 is 2.83 bits per heavy atom. The smallest absolute Gasteiger partial charge is 0.162 e. The van der Waals surface area contributed by atoms with Gasteiger partial charge in [-0.25, -0.2) is 0 Å². The number of allylic oxidation sites excluding steroid dienone is 4. The number of rotatable bonds is 1. The molecule has 0 saturated heterocycles. The summed E-state index contributed by atoms with van der Waals surface area (Å²) in [5.41, 5.74) is 0.838. The summed E-state index contributed by atoms with van der Waals surface area (Å²) in [5, 5.41) is 9.43. The molecule has 2 heteroatoms. The van der Waals surface area contributed by atoms with Crippen molar-refractivity contribution in [3.63, 3.8) is 0 Å². The number of carbonyl (C=O) groups excluding carboxylic acids is 1. The van der Waals surface area contributed by atoms with E-state index in [2.05, 4.69) is 0 Å². The summed E-state index contributed by atoms with van der Waals surface area (Å²) in [7, 11) is 0. The van der Waals surface area contributed by atoms with E-state index >= 15 is 0 Å². The maximum absolute atomic E-state index is 11.2. The van der Waals surface area contributed by atoms with E-state index in [0.717, 1.165) is 12.0 Å². The Kier molecular flexibility index (Phi) is 1.70. The molecule has 1 N–H and O–H groups in total. The monoisotopic (exact) mass is 162 g/mol. The first kappa shape index (κ1) is 7.50.